The van der Waals surface area contributed by atoms with Crippen molar-refractivity contribution in [3.05, 3.63) is 17.5 Å². The number of nitrogens with zero attached hydrogens (tertiary/aromatic N) is 2. The molecule has 0 aliphatic rings. The summed E-state index contributed by atoms with van der Waals surface area (Å²) in [5, 5.41) is 6.41. The molecule has 1 atom stereocenters. The van der Waals surface area contributed by atoms with E-state index in [1.165, 1.54) is 4.68 Å². The van der Waals surface area contributed by atoms with Crippen LogP contribution in [-0.4, -0.2) is 27.0 Å². The molecule has 0 bridgehead atoms. The van der Waals surface area contributed by atoms with Crippen molar-refractivity contribution in [2.75, 3.05) is 0 Å². The number of alkyl carbamates (subject to hydrolysis) is 1. The summed E-state index contributed by atoms with van der Waals surface area (Å²) in [6, 6.07) is 1.08. The largest absolute Gasteiger partial charge is 0.444 e. The lowest BCUT2D eigenvalue weighted by atomic mass is 10.0. The average Bonchev–Trinajstić information content (AvgIpc) is 2.77. The zero-order valence-corrected chi connectivity index (χ0v) is 15.9. The number of alkyl halides is 3. The SMILES string of the molecule is CCC(C)c1cc(C(F)(F)F)nn1CC(C)(C)NC(=O)OC(C)(C)C. The summed E-state index contributed by atoms with van der Waals surface area (Å²) in [6.07, 6.45) is -4.44. The molecule has 0 fully saturated rings. The van der Waals surface area contributed by atoms with Gasteiger partial charge in [0.05, 0.1) is 12.1 Å². The van der Waals surface area contributed by atoms with E-state index in [2.05, 4.69) is 10.4 Å². The van der Waals surface area contributed by atoms with Crippen LogP contribution >= 0.6 is 0 Å². The van der Waals surface area contributed by atoms with Gasteiger partial charge in [0.25, 0.3) is 0 Å². The molecule has 25 heavy (non-hydrogen) atoms. The summed E-state index contributed by atoms with van der Waals surface area (Å²) in [6.45, 7) is 12.5. The van der Waals surface area contributed by atoms with Crippen molar-refractivity contribution >= 4 is 6.09 Å². The topological polar surface area (TPSA) is 56.2 Å². The van der Waals surface area contributed by atoms with E-state index in [9.17, 15) is 18.0 Å². The zero-order valence-electron chi connectivity index (χ0n) is 15.9. The Kier molecular flexibility index (Phi) is 6.18. The average molecular weight is 363 g/mol. The highest BCUT2D eigenvalue weighted by molar-refractivity contribution is 5.68. The molecule has 0 spiro atoms. The lowest BCUT2D eigenvalue weighted by Crippen LogP contribution is -2.48. The van der Waals surface area contributed by atoms with Gasteiger partial charge in [-0.3, -0.25) is 4.68 Å². The second-order valence-electron chi connectivity index (χ2n) is 7.93. The van der Waals surface area contributed by atoms with Crippen LogP contribution in [0.4, 0.5) is 18.0 Å². The maximum atomic E-state index is 13.0. The third kappa shape index (κ3) is 6.59. The number of ether oxygens (including phenoxy) is 1. The van der Waals surface area contributed by atoms with Crippen LogP contribution in [-0.2, 0) is 17.5 Å². The summed E-state index contributed by atoms with van der Waals surface area (Å²) >= 11 is 0. The maximum Gasteiger partial charge on any atom is 0.435 e. The van der Waals surface area contributed by atoms with Crippen LogP contribution in [0.15, 0.2) is 6.07 Å². The predicted octanol–water partition coefficient (Wildman–Crippen LogP) is 4.72. The standard InChI is InChI=1S/C17H28F3N3O2/c1-8-11(2)12-9-13(17(18,19)20)22-23(12)10-16(6,7)21-14(24)25-15(3,4)5/h9,11H,8,10H2,1-7H3,(H,21,24). The molecule has 1 rings (SSSR count). The van der Waals surface area contributed by atoms with Crippen molar-refractivity contribution in [3.63, 3.8) is 0 Å². The molecule has 1 aromatic rings. The van der Waals surface area contributed by atoms with E-state index in [-0.39, 0.29) is 12.5 Å². The van der Waals surface area contributed by atoms with Gasteiger partial charge < -0.3 is 10.1 Å². The Labute approximate surface area is 146 Å². The van der Waals surface area contributed by atoms with E-state index in [0.29, 0.717) is 12.1 Å². The first kappa shape index (κ1) is 21.3. The number of carbonyl (C=O) groups is 1. The summed E-state index contributed by atoms with van der Waals surface area (Å²) in [5.74, 6) is -0.0825. The van der Waals surface area contributed by atoms with E-state index in [1.54, 1.807) is 34.6 Å². The highest BCUT2D eigenvalue weighted by Gasteiger charge is 2.36. The number of carbonyl (C=O) groups excluding carboxylic acids is 1. The molecule has 0 saturated carbocycles. The molecule has 0 aliphatic carbocycles. The number of hydrogen-bond acceptors (Lipinski definition) is 3. The lowest BCUT2D eigenvalue weighted by Gasteiger charge is -2.29. The Bertz CT molecular complexity index is 601. The smallest absolute Gasteiger partial charge is 0.435 e. The molecule has 0 radical (unpaired) electrons. The van der Waals surface area contributed by atoms with Gasteiger partial charge in [0.15, 0.2) is 5.69 Å². The molecule has 1 amide bonds. The fraction of sp³-hybridized carbons (Fsp3) is 0.765. The molecule has 1 N–H and O–H groups in total. The maximum absolute atomic E-state index is 13.0. The monoisotopic (exact) mass is 363 g/mol. The number of hydrogen-bond donors (Lipinski definition) is 1. The number of rotatable bonds is 5. The number of amides is 1. The molecule has 144 valence electrons. The van der Waals surface area contributed by atoms with Crippen molar-refractivity contribution in [2.45, 2.75) is 84.7 Å². The van der Waals surface area contributed by atoms with Gasteiger partial charge >= 0.3 is 12.3 Å². The zero-order chi connectivity index (χ0) is 19.6. The van der Waals surface area contributed by atoms with Gasteiger partial charge in [-0.2, -0.15) is 18.3 Å². The van der Waals surface area contributed by atoms with Crippen LogP contribution in [0.5, 0.6) is 0 Å². The highest BCUT2D eigenvalue weighted by atomic mass is 19.4. The first-order chi connectivity index (χ1) is 11.1. The number of halogens is 3. The fourth-order valence-electron chi connectivity index (χ4n) is 2.30. The van der Waals surface area contributed by atoms with Gasteiger partial charge in [-0.05, 0) is 53.0 Å². The van der Waals surface area contributed by atoms with Crippen molar-refractivity contribution in [2.24, 2.45) is 0 Å². The minimum atomic E-state index is -4.50. The van der Waals surface area contributed by atoms with E-state index >= 15 is 0 Å². The summed E-state index contributed by atoms with van der Waals surface area (Å²) < 4.78 is 45.6. The normalized spacial score (nSPS) is 14.3. The van der Waals surface area contributed by atoms with Crippen molar-refractivity contribution in [1.82, 2.24) is 15.1 Å². The Morgan fingerprint density at radius 3 is 2.28 bits per heavy atom. The van der Waals surface area contributed by atoms with E-state index in [4.69, 9.17) is 4.74 Å². The number of nitrogens with one attached hydrogen (secondary N) is 1. The van der Waals surface area contributed by atoms with Gasteiger partial charge in [-0.1, -0.05) is 13.8 Å². The van der Waals surface area contributed by atoms with Crippen molar-refractivity contribution < 1.29 is 22.7 Å². The molecular formula is C17H28F3N3O2. The summed E-state index contributed by atoms with van der Waals surface area (Å²) in [4.78, 5) is 12.0. The molecule has 1 heterocycles. The lowest BCUT2D eigenvalue weighted by molar-refractivity contribution is -0.141. The van der Waals surface area contributed by atoms with Crippen molar-refractivity contribution in [1.29, 1.82) is 0 Å². The van der Waals surface area contributed by atoms with Gasteiger partial charge in [0.1, 0.15) is 5.60 Å². The van der Waals surface area contributed by atoms with E-state index in [0.717, 1.165) is 6.07 Å². The Morgan fingerprint density at radius 2 is 1.84 bits per heavy atom. The van der Waals surface area contributed by atoms with Gasteiger partial charge in [0.2, 0.25) is 0 Å². The molecule has 0 aromatic carbocycles. The third-order valence-electron chi connectivity index (χ3n) is 3.60. The predicted molar refractivity (Wildman–Crippen MR) is 89.4 cm³/mol. The van der Waals surface area contributed by atoms with Gasteiger partial charge in [-0.25, -0.2) is 4.79 Å². The Balaban J connectivity index is 3.03. The van der Waals surface area contributed by atoms with Gasteiger partial charge in [0, 0.05) is 5.69 Å². The molecule has 1 unspecified atom stereocenters. The molecule has 0 saturated heterocycles. The highest BCUT2D eigenvalue weighted by Crippen LogP contribution is 2.31. The Hall–Kier alpha value is -1.73. The molecular weight excluding hydrogens is 335 g/mol. The Morgan fingerprint density at radius 1 is 1.28 bits per heavy atom. The second kappa shape index (κ2) is 7.25. The van der Waals surface area contributed by atoms with Gasteiger partial charge in [-0.15, -0.1) is 0 Å². The molecule has 0 aliphatic heterocycles. The summed E-state index contributed by atoms with van der Waals surface area (Å²) in [7, 11) is 0. The molecule has 1 aromatic heterocycles. The minimum Gasteiger partial charge on any atom is -0.444 e. The van der Waals surface area contributed by atoms with Crippen LogP contribution in [0, 0.1) is 0 Å². The first-order valence-electron chi connectivity index (χ1n) is 8.31. The first-order valence-corrected chi connectivity index (χ1v) is 8.31. The molecule has 5 nitrogen and oxygen atoms in total. The third-order valence-corrected chi connectivity index (χ3v) is 3.60. The number of aromatic nitrogens is 2. The van der Waals surface area contributed by atoms with Crippen LogP contribution < -0.4 is 5.32 Å². The van der Waals surface area contributed by atoms with E-state index in [1.807, 2.05) is 13.8 Å². The van der Waals surface area contributed by atoms with Crippen LogP contribution in [0.3, 0.4) is 0 Å². The van der Waals surface area contributed by atoms with Crippen molar-refractivity contribution in [3.8, 4) is 0 Å². The quantitative estimate of drug-likeness (QED) is 0.824. The summed E-state index contributed by atoms with van der Waals surface area (Å²) in [5.41, 5.74) is -1.92. The van der Waals surface area contributed by atoms with Crippen LogP contribution in [0.2, 0.25) is 0 Å². The second-order valence-corrected chi connectivity index (χ2v) is 7.93. The van der Waals surface area contributed by atoms with E-state index < -0.39 is 29.1 Å². The van der Waals surface area contributed by atoms with Crippen LogP contribution in [0.1, 0.15) is 72.2 Å². The minimum absolute atomic E-state index is 0.0825. The molecule has 8 heteroatoms. The van der Waals surface area contributed by atoms with Crippen LogP contribution in [0.25, 0.3) is 0 Å². The fourth-order valence-corrected chi connectivity index (χ4v) is 2.30.